The summed E-state index contributed by atoms with van der Waals surface area (Å²) in [4.78, 5) is 11.0. The van der Waals surface area contributed by atoms with Crippen LogP contribution in [0.2, 0.25) is 0 Å². The third kappa shape index (κ3) is 4.88. The molecule has 0 amide bonds. The van der Waals surface area contributed by atoms with Crippen molar-refractivity contribution in [3.05, 3.63) is 24.3 Å². The summed E-state index contributed by atoms with van der Waals surface area (Å²) in [5, 5.41) is 11.5. The SMILES string of the molecule is CNC(CCOc1ccc(S(C)(=O)=O)cc1)C(=O)O. The van der Waals surface area contributed by atoms with E-state index in [0.29, 0.717) is 12.2 Å². The zero-order valence-electron chi connectivity index (χ0n) is 10.8. The summed E-state index contributed by atoms with van der Waals surface area (Å²) in [5.41, 5.74) is 0. The molecule has 0 aliphatic rings. The van der Waals surface area contributed by atoms with Gasteiger partial charge in [-0.25, -0.2) is 8.42 Å². The second-order valence-corrected chi connectivity index (χ2v) is 6.08. The third-order valence-corrected chi connectivity index (χ3v) is 3.70. The molecule has 0 aliphatic carbocycles. The summed E-state index contributed by atoms with van der Waals surface area (Å²) in [6.07, 6.45) is 1.45. The number of carboxylic acid groups (broad SMARTS) is 1. The van der Waals surface area contributed by atoms with Gasteiger partial charge in [-0.05, 0) is 31.3 Å². The van der Waals surface area contributed by atoms with Crippen LogP contribution in [0, 0.1) is 0 Å². The Morgan fingerprint density at radius 1 is 1.37 bits per heavy atom. The summed E-state index contributed by atoms with van der Waals surface area (Å²) in [7, 11) is -1.64. The van der Waals surface area contributed by atoms with E-state index in [1.54, 1.807) is 19.2 Å². The van der Waals surface area contributed by atoms with Gasteiger partial charge in [0.2, 0.25) is 0 Å². The number of sulfone groups is 1. The van der Waals surface area contributed by atoms with E-state index in [4.69, 9.17) is 9.84 Å². The monoisotopic (exact) mass is 287 g/mol. The zero-order valence-corrected chi connectivity index (χ0v) is 11.6. The Bertz CT molecular complexity index is 524. The van der Waals surface area contributed by atoms with Crippen molar-refractivity contribution in [2.45, 2.75) is 17.4 Å². The van der Waals surface area contributed by atoms with E-state index < -0.39 is 21.8 Å². The molecule has 6 nitrogen and oxygen atoms in total. The highest BCUT2D eigenvalue weighted by Crippen LogP contribution is 2.16. The molecule has 0 aromatic heterocycles. The van der Waals surface area contributed by atoms with Crippen molar-refractivity contribution >= 4 is 15.8 Å². The summed E-state index contributed by atoms with van der Waals surface area (Å²) in [5.74, 6) is -0.425. The molecule has 0 spiro atoms. The van der Waals surface area contributed by atoms with Crippen LogP contribution in [0.3, 0.4) is 0 Å². The van der Waals surface area contributed by atoms with Crippen molar-refractivity contribution in [1.29, 1.82) is 0 Å². The number of hydrogen-bond acceptors (Lipinski definition) is 5. The molecule has 19 heavy (non-hydrogen) atoms. The number of hydrogen-bond donors (Lipinski definition) is 2. The number of likely N-dealkylation sites (N-methyl/N-ethyl adjacent to an activating group) is 1. The van der Waals surface area contributed by atoms with Crippen molar-refractivity contribution in [2.24, 2.45) is 0 Å². The Morgan fingerprint density at radius 2 is 1.95 bits per heavy atom. The number of carbonyl (C=O) groups is 1. The standard InChI is InChI=1S/C12H17NO5S/c1-13-11(12(14)15)7-8-18-9-3-5-10(6-4-9)19(2,16)17/h3-6,11,13H,7-8H2,1-2H3,(H,14,15). The highest BCUT2D eigenvalue weighted by atomic mass is 32.2. The quantitative estimate of drug-likeness (QED) is 0.760. The number of ether oxygens (including phenoxy) is 1. The topological polar surface area (TPSA) is 92.7 Å². The molecule has 0 heterocycles. The van der Waals surface area contributed by atoms with E-state index in [1.807, 2.05) is 0 Å². The Hall–Kier alpha value is -1.60. The van der Waals surface area contributed by atoms with Gasteiger partial charge < -0.3 is 15.2 Å². The molecule has 106 valence electrons. The maximum atomic E-state index is 11.2. The molecule has 0 fully saturated rings. The first-order valence-corrected chi connectivity index (χ1v) is 7.56. The molecule has 0 saturated carbocycles. The first-order valence-electron chi connectivity index (χ1n) is 5.67. The number of benzene rings is 1. The Balaban J connectivity index is 2.53. The largest absolute Gasteiger partial charge is 0.494 e. The molecule has 1 unspecified atom stereocenters. The predicted molar refractivity (Wildman–Crippen MR) is 70.1 cm³/mol. The molecule has 0 saturated heterocycles. The van der Waals surface area contributed by atoms with Crippen LogP contribution in [0.5, 0.6) is 5.75 Å². The van der Waals surface area contributed by atoms with Gasteiger partial charge >= 0.3 is 5.97 Å². The Kier molecular flexibility index (Phi) is 5.31. The van der Waals surface area contributed by atoms with E-state index in [0.717, 1.165) is 6.26 Å². The molecule has 1 atom stereocenters. The van der Waals surface area contributed by atoms with Gasteiger partial charge in [-0.15, -0.1) is 0 Å². The van der Waals surface area contributed by atoms with Crippen molar-refractivity contribution in [1.82, 2.24) is 5.32 Å². The third-order valence-electron chi connectivity index (χ3n) is 2.57. The summed E-state index contributed by atoms with van der Waals surface area (Å²) in [6, 6.07) is 5.35. The zero-order chi connectivity index (χ0) is 14.5. The number of rotatable bonds is 7. The maximum Gasteiger partial charge on any atom is 0.320 e. The van der Waals surface area contributed by atoms with Crippen LogP contribution in [0.4, 0.5) is 0 Å². The van der Waals surface area contributed by atoms with E-state index in [-0.39, 0.29) is 11.5 Å². The van der Waals surface area contributed by atoms with E-state index in [1.165, 1.54) is 12.1 Å². The average Bonchev–Trinajstić information content (AvgIpc) is 2.33. The molecule has 1 aromatic carbocycles. The normalized spacial score (nSPS) is 12.9. The second kappa shape index (κ2) is 6.53. The predicted octanol–water partition coefficient (Wildman–Crippen LogP) is 0.532. The van der Waals surface area contributed by atoms with Gasteiger partial charge in [-0.3, -0.25) is 4.79 Å². The van der Waals surface area contributed by atoms with E-state index in [2.05, 4.69) is 5.32 Å². The molecule has 2 N–H and O–H groups in total. The number of aliphatic carboxylic acids is 1. The Morgan fingerprint density at radius 3 is 2.37 bits per heavy atom. The smallest absolute Gasteiger partial charge is 0.320 e. The van der Waals surface area contributed by atoms with Crippen molar-refractivity contribution in [3.63, 3.8) is 0 Å². The summed E-state index contributed by atoms with van der Waals surface area (Å²) < 4.78 is 27.9. The first kappa shape index (κ1) is 15.5. The molecule has 1 aromatic rings. The highest BCUT2D eigenvalue weighted by Gasteiger charge is 2.14. The lowest BCUT2D eigenvalue weighted by Crippen LogP contribution is -2.35. The van der Waals surface area contributed by atoms with Crippen LogP contribution < -0.4 is 10.1 Å². The van der Waals surface area contributed by atoms with Crippen LogP contribution in [0.15, 0.2) is 29.2 Å². The van der Waals surface area contributed by atoms with Gasteiger partial charge in [0.25, 0.3) is 0 Å². The minimum Gasteiger partial charge on any atom is -0.494 e. The van der Waals surface area contributed by atoms with Gasteiger partial charge in [0.15, 0.2) is 9.84 Å². The van der Waals surface area contributed by atoms with Crippen LogP contribution in [-0.2, 0) is 14.6 Å². The molecule has 0 aliphatic heterocycles. The highest BCUT2D eigenvalue weighted by molar-refractivity contribution is 7.90. The van der Waals surface area contributed by atoms with Gasteiger partial charge in [0.1, 0.15) is 11.8 Å². The van der Waals surface area contributed by atoms with E-state index >= 15 is 0 Å². The Labute approximate surface area is 112 Å². The van der Waals surface area contributed by atoms with Gasteiger partial charge in [0.05, 0.1) is 11.5 Å². The van der Waals surface area contributed by atoms with E-state index in [9.17, 15) is 13.2 Å². The van der Waals surface area contributed by atoms with Crippen molar-refractivity contribution in [3.8, 4) is 5.75 Å². The summed E-state index contributed by atoms with van der Waals surface area (Å²) >= 11 is 0. The van der Waals surface area contributed by atoms with Gasteiger partial charge in [0, 0.05) is 12.7 Å². The first-order chi connectivity index (χ1) is 8.84. The lowest BCUT2D eigenvalue weighted by Gasteiger charge is -2.12. The molecular weight excluding hydrogens is 270 g/mol. The number of carboxylic acids is 1. The fourth-order valence-corrected chi connectivity index (χ4v) is 2.10. The van der Waals surface area contributed by atoms with Crippen molar-refractivity contribution < 1.29 is 23.1 Å². The average molecular weight is 287 g/mol. The lowest BCUT2D eigenvalue weighted by molar-refractivity contribution is -0.139. The van der Waals surface area contributed by atoms with Crippen LogP contribution in [0.1, 0.15) is 6.42 Å². The fourth-order valence-electron chi connectivity index (χ4n) is 1.47. The van der Waals surface area contributed by atoms with Gasteiger partial charge in [-0.2, -0.15) is 0 Å². The minimum atomic E-state index is -3.21. The second-order valence-electron chi connectivity index (χ2n) is 4.06. The molecular formula is C12H17NO5S. The molecule has 7 heteroatoms. The van der Waals surface area contributed by atoms with Crippen molar-refractivity contribution in [2.75, 3.05) is 19.9 Å². The lowest BCUT2D eigenvalue weighted by atomic mass is 10.2. The van der Waals surface area contributed by atoms with Crippen LogP contribution >= 0.6 is 0 Å². The van der Waals surface area contributed by atoms with Crippen LogP contribution in [-0.4, -0.2) is 45.4 Å². The summed E-state index contributed by atoms with van der Waals surface area (Å²) in [6.45, 7) is 0.232. The fraction of sp³-hybridized carbons (Fsp3) is 0.417. The molecule has 0 radical (unpaired) electrons. The molecule has 0 bridgehead atoms. The maximum absolute atomic E-state index is 11.2. The number of nitrogens with one attached hydrogen (secondary N) is 1. The van der Waals surface area contributed by atoms with Crippen LogP contribution in [0.25, 0.3) is 0 Å². The molecule has 1 rings (SSSR count). The van der Waals surface area contributed by atoms with Gasteiger partial charge in [-0.1, -0.05) is 0 Å². The minimum absolute atomic E-state index is 0.221.